The van der Waals surface area contributed by atoms with Crippen LogP contribution < -0.4 is 5.32 Å². The van der Waals surface area contributed by atoms with E-state index in [0.717, 1.165) is 31.0 Å². The number of hydrogen-bond acceptors (Lipinski definition) is 2. The lowest BCUT2D eigenvalue weighted by Crippen LogP contribution is -2.22. The first-order valence-corrected chi connectivity index (χ1v) is 7.69. The molecule has 2 nitrogen and oxygen atoms in total. The summed E-state index contributed by atoms with van der Waals surface area (Å²) in [6.07, 6.45) is 5.07. The molecule has 19 heavy (non-hydrogen) atoms. The van der Waals surface area contributed by atoms with Gasteiger partial charge in [-0.2, -0.15) is 0 Å². The van der Waals surface area contributed by atoms with Crippen LogP contribution in [-0.4, -0.2) is 19.3 Å². The predicted octanol–water partition coefficient (Wildman–Crippen LogP) is 4.26. The maximum absolute atomic E-state index is 6.38. The zero-order valence-electron chi connectivity index (χ0n) is 11.9. The number of halogens is 1. The van der Waals surface area contributed by atoms with Gasteiger partial charge in [-0.1, -0.05) is 30.7 Å². The van der Waals surface area contributed by atoms with Crippen molar-refractivity contribution >= 4 is 11.6 Å². The highest BCUT2D eigenvalue weighted by atomic mass is 35.5. The molecular weight excluding hydrogens is 258 g/mol. The van der Waals surface area contributed by atoms with Crippen LogP contribution in [0.1, 0.15) is 49.8 Å². The van der Waals surface area contributed by atoms with Gasteiger partial charge in [0.25, 0.3) is 0 Å². The number of aryl methyl sites for hydroxylation is 1. The van der Waals surface area contributed by atoms with E-state index in [1.54, 1.807) is 0 Å². The van der Waals surface area contributed by atoms with Crippen molar-refractivity contribution in [3.05, 3.63) is 34.3 Å². The summed E-state index contributed by atoms with van der Waals surface area (Å²) in [5, 5.41) is 4.42. The standard InChI is InChI=1S/C16H24ClNO/c1-3-18-16(9-7-13-5-4-10-19-13)14-8-6-12(2)11-15(14)17/h6,8,11,13,16,18H,3-5,7,9-10H2,1-2H3. The fourth-order valence-corrected chi connectivity index (χ4v) is 3.12. The SMILES string of the molecule is CCNC(CCC1CCCO1)c1ccc(C)cc1Cl. The summed E-state index contributed by atoms with van der Waals surface area (Å²) in [6.45, 7) is 6.10. The Labute approximate surface area is 121 Å². The second kappa shape index (κ2) is 7.28. The number of benzene rings is 1. The van der Waals surface area contributed by atoms with Gasteiger partial charge in [-0.15, -0.1) is 0 Å². The summed E-state index contributed by atoms with van der Waals surface area (Å²) in [5.41, 5.74) is 2.43. The molecule has 1 fully saturated rings. The van der Waals surface area contributed by atoms with Gasteiger partial charge in [-0.25, -0.2) is 0 Å². The van der Waals surface area contributed by atoms with E-state index in [-0.39, 0.29) is 0 Å². The van der Waals surface area contributed by atoms with Crippen LogP contribution in [-0.2, 0) is 4.74 Å². The zero-order chi connectivity index (χ0) is 13.7. The predicted molar refractivity (Wildman–Crippen MR) is 80.8 cm³/mol. The lowest BCUT2D eigenvalue weighted by atomic mass is 9.98. The molecule has 0 amide bonds. The molecule has 1 aromatic carbocycles. The minimum atomic E-state index is 0.335. The summed E-state index contributed by atoms with van der Waals surface area (Å²) < 4.78 is 5.71. The molecule has 0 saturated carbocycles. The topological polar surface area (TPSA) is 21.3 Å². The first-order chi connectivity index (χ1) is 9.20. The van der Waals surface area contributed by atoms with E-state index < -0.39 is 0 Å². The van der Waals surface area contributed by atoms with Gasteiger partial charge < -0.3 is 10.1 Å². The van der Waals surface area contributed by atoms with Gasteiger partial charge >= 0.3 is 0 Å². The smallest absolute Gasteiger partial charge is 0.0576 e. The number of nitrogens with one attached hydrogen (secondary N) is 1. The average molecular weight is 282 g/mol. The second-order valence-corrected chi connectivity index (χ2v) is 5.75. The van der Waals surface area contributed by atoms with Crippen LogP contribution in [0.2, 0.25) is 5.02 Å². The third kappa shape index (κ3) is 4.20. The Bertz CT molecular complexity index is 402. The first-order valence-electron chi connectivity index (χ1n) is 7.31. The summed E-state index contributed by atoms with van der Waals surface area (Å²) >= 11 is 6.38. The molecule has 0 aromatic heterocycles. The molecule has 3 heteroatoms. The highest BCUT2D eigenvalue weighted by Gasteiger charge is 2.19. The van der Waals surface area contributed by atoms with Crippen molar-refractivity contribution < 1.29 is 4.74 Å². The van der Waals surface area contributed by atoms with Crippen LogP contribution in [0.5, 0.6) is 0 Å². The largest absolute Gasteiger partial charge is 0.378 e. The van der Waals surface area contributed by atoms with E-state index in [9.17, 15) is 0 Å². The van der Waals surface area contributed by atoms with Gasteiger partial charge in [0.05, 0.1) is 6.10 Å². The maximum Gasteiger partial charge on any atom is 0.0576 e. The van der Waals surface area contributed by atoms with Crippen molar-refractivity contribution in [3.8, 4) is 0 Å². The Balaban J connectivity index is 2.01. The van der Waals surface area contributed by atoms with Crippen LogP contribution in [0.3, 0.4) is 0 Å². The summed E-state index contributed by atoms with van der Waals surface area (Å²) in [6, 6.07) is 6.67. The number of hydrogen-bond donors (Lipinski definition) is 1. The molecule has 1 N–H and O–H groups in total. The summed E-state index contributed by atoms with van der Waals surface area (Å²) in [7, 11) is 0. The van der Waals surface area contributed by atoms with E-state index in [2.05, 4.69) is 31.3 Å². The Hall–Kier alpha value is -0.570. The maximum atomic E-state index is 6.38. The van der Waals surface area contributed by atoms with Gasteiger partial charge in [0, 0.05) is 17.7 Å². The zero-order valence-corrected chi connectivity index (χ0v) is 12.7. The normalized spacial score (nSPS) is 20.7. The molecule has 0 aliphatic carbocycles. The fourth-order valence-electron chi connectivity index (χ4n) is 2.75. The quantitative estimate of drug-likeness (QED) is 0.841. The van der Waals surface area contributed by atoms with E-state index >= 15 is 0 Å². The van der Waals surface area contributed by atoms with Crippen molar-refractivity contribution in [2.24, 2.45) is 0 Å². The Morgan fingerprint density at radius 3 is 2.95 bits per heavy atom. The van der Waals surface area contributed by atoms with Crippen LogP contribution in [0.15, 0.2) is 18.2 Å². The lowest BCUT2D eigenvalue weighted by Gasteiger charge is -2.21. The van der Waals surface area contributed by atoms with Gasteiger partial charge in [-0.3, -0.25) is 0 Å². The number of rotatable bonds is 6. The Morgan fingerprint density at radius 1 is 1.47 bits per heavy atom. The van der Waals surface area contributed by atoms with Crippen molar-refractivity contribution in [2.75, 3.05) is 13.2 Å². The molecule has 0 bridgehead atoms. The van der Waals surface area contributed by atoms with E-state index in [4.69, 9.17) is 16.3 Å². The van der Waals surface area contributed by atoms with E-state index in [0.29, 0.717) is 12.1 Å². The van der Waals surface area contributed by atoms with Crippen molar-refractivity contribution in [3.63, 3.8) is 0 Å². The third-order valence-electron chi connectivity index (χ3n) is 3.78. The Morgan fingerprint density at radius 2 is 2.32 bits per heavy atom. The van der Waals surface area contributed by atoms with Crippen LogP contribution in [0.25, 0.3) is 0 Å². The summed E-state index contributed by atoms with van der Waals surface area (Å²) in [5.74, 6) is 0. The van der Waals surface area contributed by atoms with Crippen molar-refractivity contribution in [1.82, 2.24) is 5.32 Å². The van der Waals surface area contributed by atoms with E-state index in [1.165, 1.54) is 24.0 Å². The first kappa shape index (κ1) is 14.8. The van der Waals surface area contributed by atoms with Crippen molar-refractivity contribution in [2.45, 2.75) is 51.7 Å². The molecule has 0 spiro atoms. The van der Waals surface area contributed by atoms with Crippen LogP contribution in [0, 0.1) is 6.92 Å². The lowest BCUT2D eigenvalue weighted by molar-refractivity contribution is 0.0996. The van der Waals surface area contributed by atoms with Gasteiger partial charge in [0.2, 0.25) is 0 Å². The second-order valence-electron chi connectivity index (χ2n) is 5.35. The van der Waals surface area contributed by atoms with Gasteiger partial charge in [0.15, 0.2) is 0 Å². The molecule has 1 heterocycles. The molecule has 2 unspecified atom stereocenters. The highest BCUT2D eigenvalue weighted by Crippen LogP contribution is 2.29. The molecule has 106 valence electrons. The van der Waals surface area contributed by atoms with Crippen molar-refractivity contribution in [1.29, 1.82) is 0 Å². The highest BCUT2D eigenvalue weighted by molar-refractivity contribution is 6.31. The van der Waals surface area contributed by atoms with Gasteiger partial charge in [-0.05, 0) is 56.3 Å². The average Bonchev–Trinajstić information content (AvgIpc) is 2.88. The number of ether oxygens (including phenoxy) is 1. The third-order valence-corrected chi connectivity index (χ3v) is 4.11. The fraction of sp³-hybridized carbons (Fsp3) is 0.625. The molecule has 1 aromatic rings. The molecule has 0 radical (unpaired) electrons. The molecule has 1 saturated heterocycles. The minimum absolute atomic E-state index is 0.335. The van der Waals surface area contributed by atoms with E-state index in [1.807, 2.05) is 6.07 Å². The minimum Gasteiger partial charge on any atom is -0.378 e. The van der Waals surface area contributed by atoms with Crippen LogP contribution in [0.4, 0.5) is 0 Å². The molecule has 2 rings (SSSR count). The monoisotopic (exact) mass is 281 g/mol. The molecular formula is C16H24ClNO. The van der Waals surface area contributed by atoms with Crippen LogP contribution >= 0.6 is 11.6 Å². The Kier molecular flexibility index (Phi) is 5.68. The molecule has 1 aliphatic heterocycles. The molecule has 2 atom stereocenters. The summed E-state index contributed by atoms with van der Waals surface area (Å²) in [4.78, 5) is 0. The molecule has 1 aliphatic rings. The van der Waals surface area contributed by atoms with Gasteiger partial charge in [0.1, 0.15) is 0 Å².